The van der Waals surface area contributed by atoms with Gasteiger partial charge in [-0.2, -0.15) is 0 Å². The van der Waals surface area contributed by atoms with Crippen molar-refractivity contribution in [2.45, 2.75) is 38.5 Å². The van der Waals surface area contributed by atoms with E-state index in [-0.39, 0.29) is 17.6 Å². The molecule has 0 spiro atoms. The van der Waals surface area contributed by atoms with Gasteiger partial charge in [0.05, 0.1) is 10.2 Å². The molecule has 2 aliphatic rings. The summed E-state index contributed by atoms with van der Waals surface area (Å²) in [6.07, 6.45) is 0.802. The Morgan fingerprint density at radius 3 is 2.50 bits per heavy atom. The van der Waals surface area contributed by atoms with Gasteiger partial charge >= 0.3 is 6.36 Å². The van der Waals surface area contributed by atoms with E-state index in [9.17, 15) is 18.0 Å². The lowest BCUT2D eigenvalue weighted by Crippen LogP contribution is -2.50. The second-order valence-corrected chi connectivity index (χ2v) is 8.33. The molecular weight excluding hydrogens is 391 g/mol. The fraction of sp³-hybridized carbons (Fsp3) is 0.579. The van der Waals surface area contributed by atoms with Crippen molar-refractivity contribution in [3.63, 3.8) is 0 Å². The Morgan fingerprint density at radius 2 is 1.82 bits per heavy atom. The highest BCUT2D eigenvalue weighted by Gasteiger charge is 2.32. The molecule has 0 radical (unpaired) electrons. The van der Waals surface area contributed by atoms with Crippen LogP contribution in [0.4, 0.5) is 18.3 Å². The van der Waals surface area contributed by atoms with Gasteiger partial charge in [-0.05, 0) is 25.0 Å². The third-order valence-electron chi connectivity index (χ3n) is 5.40. The number of carbonyl (C=O) groups excluding carboxylic acids is 1. The van der Waals surface area contributed by atoms with Crippen LogP contribution < -0.4 is 9.64 Å². The lowest BCUT2D eigenvalue weighted by Gasteiger charge is -2.37. The summed E-state index contributed by atoms with van der Waals surface area (Å²) >= 11 is 1.35. The third kappa shape index (κ3) is 4.34. The molecule has 5 nitrogen and oxygen atoms in total. The molecule has 152 valence electrons. The van der Waals surface area contributed by atoms with Crippen molar-refractivity contribution in [1.82, 2.24) is 9.88 Å². The summed E-state index contributed by atoms with van der Waals surface area (Å²) in [5.41, 5.74) is 0.648. The van der Waals surface area contributed by atoms with E-state index in [0.717, 1.165) is 30.8 Å². The zero-order chi connectivity index (χ0) is 19.7. The topological polar surface area (TPSA) is 45.7 Å². The lowest BCUT2D eigenvalue weighted by molar-refractivity contribution is -0.274. The van der Waals surface area contributed by atoms with Crippen LogP contribution in [0.5, 0.6) is 5.75 Å². The average Bonchev–Trinajstić information content (AvgIpc) is 3.10. The molecule has 1 aromatic heterocycles. The Balaban J connectivity index is 1.40. The fourth-order valence-electron chi connectivity index (χ4n) is 3.95. The van der Waals surface area contributed by atoms with Crippen molar-refractivity contribution in [3.8, 4) is 5.75 Å². The molecule has 2 aromatic rings. The maximum absolute atomic E-state index is 12.7. The zero-order valence-corrected chi connectivity index (χ0v) is 16.2. The van der Waals surface area contributed by atoms with Crippen molar-refractivity contribution in [2.75, 3.05) is 31.1 Å². The lowest BCUT2D eigenvalue weighted by atomic mass is 9.88. The second kappa shape index (κ2) is 7.77. The van der Waals surface area contributed by atoms with E-state index in [0.29, 0.717) is 36.4 Å². The Hall–Kier alpha value is -2.03. The molecule has 1 aromatic carbocycles. The number of halogens is 3. The van der Waals surface area contributed by atoms with Gasteiger partial charge in [0.1, 0.15) is 5.75 Å². The van der Waals surface area contributed by atoms with Gasteiger partial charge in [-0.15, -0.1) is 13.2 Å². The summed E-state index contributed by atoms with van der Waals surface area (Å²) < 4.78 is 41.8. The summed E-state index contributed by atoms with van der Waals surface area (Å²) in [7, 11) is 0. The fourth-order valence-corrected chi connectivity index (χ4v) is 5.00. The van der Waals surface area contributed by atoms with Crippen LogP contribution >= 0.6 is 11.3 Å². The summed E-state index contributed by atoms with van der Waals surface area (Å²) in [5.74, 6) is 0.213. The van der Waals surface area contributed by atoms with Crippen LogP contribution in [-0.2, 0) is 4.79 Å². The minimum Gasteiger partial charge on any atom is -0.406 e. The highest BCUT2D eigenvalue weighted by molar-refractivity contribution is 7.22. The number of carbonyl (C=O) groups is 1. The number of piperazine rings is 1. The molecule has 0 unspecified atom stereocenters. The first-order chi connectivity index (χ1) is 13.4. The van der Waals surface area contributed by atoms with Gasteiger partial charge in [0.15, 0.2) is 5.13 Å². The van der Waals surface area contributed by atoms with Gasteiger partial charge in [0.2, 0.25) is 5.91 Å². The SMILES string of the molecule is O=C(C1CCCCC1)N1CCN(c2nc3ccc(OC(F)(F)F)cc3s2)CC1. The molecule has 2 fully saturated rings. The molecule has 0 bridgehead atoms. The molecule has 9 heteroatoms. The van der Waals surface area contributed by atoms with Crippen LogP contribution in [0.3, 0.4) is 0 Å². The minimum atomic E-state index is -4.71. The first kappa shape index (κ1) is 19.3. The molecule has 1 aliphatic carbocycles. The van der Waals surface area contributed by atoms with Crippen molar-refractivity contribution in [2.24, 2.45) is 5.92 Å². The van der Waals surface area contributed by atoms with Crippen LogP contribution in [0.1, 0.15) is 32.1 Å². The van der Waals surface area contributed by atoms with Crippen LogP contribution in [-0.4, -0.2) is 48.3 Å². The summed E-state index contributed by atoms with van der Waals surface area (Å²) in [6.45, 7) is 2.69. The highest BCUT2D eigenvalue weighted by atomic mass is 32.1. The third-order valence-corrected chi connectivity index (χ3v) is 6.48. The normalized spacial score (nSPS) is 19.2. The minimum absolute atomic E-state index is 0.176. The van der Waals surface area contributed by atoms with Gasteiger partial charge in [-0.3, -0.25) is 4.79 Å². The van der Waals surface area contributed by atoms with Gasteiger partial charge in [0, 0.05) is 38.2 Å². The molecular formula is C19H22F3N3O2S. The van der Waals surface area contributed by atoms with E-state index in [1.165, 1.54) is 29.9 Å². The van der Waals surface area contributed by atoms with Crippen LogP contribution in [0.25, 0.3) is 10.2 Å². The number of amides is 1. The number of benzene rings is 1. The Morgan fingerprint density at radius 1 is 1.11 bits per heavy atom. The maximum atomic E-state index is 12.7. The van der Waals surface area contributed by atoms with Crippen LogP contribution in [0, 0.1) is 5.92 Å². The molecule has 4 rings (SSSR count). The number of anilines is 1. The van der Waals surface area contributed by atoms with Crippen LogP contribution in [0.2, 0.25) is 0 Å². The van der Waals surface area contributed by atoms with Gasteiger partial charge < -0.3 is 14.5 Å². The van der Waals surface area contributed by atoms with Gasteiger partial charge in [-0.1, -0.05) is 30.6 Å². The largest absolute Gasteiger partial charge is 0.573 e. The van der Waals surface area contributed by atoms with E-state index in [2.05, 4.69) is 14.6 Å². The summed E-state index contributed by atoms with van der Waals surface area (Å²) in [4.78, 5) is 21.3. The predicted molar refractivity (Wildman–Crippen MR) is 102 cm³/mol. The number of hydrogen-bond acceptors (Lipinski definition) is 5. The smallest absolute Gasteiger partial charge is 0.406 e. The number of fused-ring (bicyclic) bond motifs is 1. The Labute approximate surface area is 165 Å². The molecule has 0 N–H and O–H groups in total. The molecule has 28 heavy (non-hydrogen) atoms. The van der Waals surface area contributed by atoms with E-state index in [4.69, 9.17) is 0 Å². The Kier molecular flexibility index (Phi) is 5.35. The summed E-state index contributed by atoms with van der Waals surface area (Å²) in [6, 6.07) is 4.19. The maximum Gasteiger partial charge on any atom is 0.573 e. The van der Waals surface area contributed by atoms with E-state index in [1.807, 2.05) is 4.90 Å². The quantitative estimate of drug-likeness (QED) is 0.747. The zero-order valence-electron chi connectivity index (χ0n) is 15.4. The number of alkyl halides is 3. The molecule has 0 atom stereocenters. The number of aromatic nitrogens is 1. The molecule has 2 heterocycles. The second-order valence-electron chi connectivity index (χ2n) is 7.32. The van der Waals surface area contributed by atoms with E-state index < -0.39 is 6.36 Å². The number of thiazole rings is 1. The number of ether oxygens (including phenoxy) is 1. The van der Waals surface area contributed by atoms with Crippen LogP contribution in [0.15, 0.2) is 18.2 Å². The monoisotopic (exact) mass is 413 g/mol. The Bertz CT molecular complexity index is 841. The van der Waals surface area contributed by atoms with Crippen molar-refractivity contribution in [1.29, 1.82) is 0 Å². The van der Waals surface area contributed by atoms with E-state index in [1.54, 1.807) is 6.07 Å². The van der Waals surface area contributed by atoms with Gasteiger partial charge in [0.25, 0.3) is 0 Å². The highest BCUT2D eigenvalue weighted by Crippen LogP contribution is 2.34. The first-order valence-electron chi connectivity index (χ1n) is 9.59. The standard InChI is InChI=1S/C19H22F3N3O2S/c20-19(21,22)27-14-6-7-15-16(12-14)28-18(23-15)25-10-8-24(9-11-25)17(26)13-4-2-1-3-5-13/h6-7,12-13H,1-5,8-11H2. The number of hydrogen-bond donors (Lipinski definition) is 0. The average molecular weight is 413 g/mol. The number of nitrogens with zero attached hydrogens (tertiary/aromatic N) is 3. The molecule has 1 amide bonds. The summed E-state index contributed by atoms with van der Waals surface area (Å²) in [5, 5.41) is 0.768. The van der Waals surface area contributed by atoms with Crippen molar-refractivity contribution in [3.05, 3.63) is 18.2 Å². The van der Waals surface area contributed by atoms with E-state index >= 15 is 0 Å². The van der Waals surface area contributed by atoms with Crippen molar-refractivity contribution < 1.29 is 22.7 Å². The first-order valence-corrected chi connectivity index (χ1v) is 10.4. The molecule has 1 aliphatic heterocycles. The predicted octanol–water partition coefficient (Wildman–Crippen LogP) is 4.42. The molecule has 1 saturated carbocycles. The van der Waals surface area contributed by atoms with Gasteiger partial charge in [-0.25, -0.2) is 4.98 Å². The molecule has 1 saturated heterocycles. The number of rotatable bonds is 3. The van der Waals surface area contributed by atoms with Crippen molar-refractivity contribution >= 4 is 32.6 Å².